The molecule has 0 radical (unpaired) electrons. The molecule has 0 bridgehead atoms. The molecule has 0 aliphatic heterocycles. The topological polar surface area (TPSA) is 24.9 Å². The predicted molar refractivity (Wildman–Crippen MR) is 86.1 cm³/mol. The van der Waals surface area contributed by atoms with Crippen molar-refractivity contribution < 1.29 is 0 Å². The summed E-state index contributed by atoms with van der Waals surface area (Å²) in [4.78, 5) is 6.59. The van der Waals surface area contributed by atoms with Gasteiger partial charge in [0, 0.05) is 28.7 Å². The molecule has 0 spiro atoms. The summed E-state index contributed by atoms with van der Waals surface area (Å²) < 4.78 is 0. The Kier molecular flexibility index (Phi) is 5.62. The third kappa shape index (κ3) is 4.66. The van der Waals surface area contributed by atoms with Gasteiger partial charge in [0.25, 0.3) is 0 Å². The molecule has 20 heavy (non-hydrogen) atoms. The summed E-state index contributed by atoms with van der Waals surface area (Å²) in [5, 5.41) is 3.48. The van der Waals surface area contributed by atoms with Gasteiger partial charge < -0.3 is 5.32 Å². The number of rotatable bonds is 6. The molecule has 0 unspecified atom stereocenters. The zero-order chi connectivity index (χ0) is 14.4. The molecule has 1 N–H and O–H groups in total. The highest BCUT2D eigenvalue weighted by Gasteiger charge is 2.03. The van der Waals surface area contributed by atoms with Crippen LogP contribution in [0.2, 0.25) is 0 Å². The first-order valence-corrected chi connectivity index (χ1v) is 7.85. The third-order valence-electron chi connectivity index (χ3n) is 3.00. The number of nitrogens with one attached hydrogen (secondary N) is 1. The second-order valence-corrected chi connectivity index (χ2v) is 6.52. The summed E-state index contributed by atoms with van der Waals surface area (Å²) in [6.45, 7) is 8.64. The van der Waals surface area contributed by atoms with Crippen LogP contribution in [0.25, 0.3) is 0 Å². The van der Waals surface area contributed by atoms with E-state index in [1.165, 1.54) is 20.9 Å². The lowest BCUT2D eigenvalue weighted by Gasteiger charge is -2.10. The van der Waals surface area contributed by atoms with Crippen LogP contribution in [-0.2, 0) is 6.54 Å². The molecule has 3 heteroatoms. The van der Waals surface area contributed by atoms with E-state index in [4.69, 9.17) is 0 Å². The second kappa shape index (κ2) is 7.46. The van der Waals surface area contributed by atoms with E-state index < -0.39 is 0 Å². The van der Waals surface area contributed by atoms with Crippen LogP contribution in [0, 0.1) is 12.8 Å². The Bertz CT molecular complexity index is 538. The van der Waals surface area contributed by atoms with Crippen LogP contribution < -0.4 is 5.32 Å². The molecule has 0 atom stereocenters. The number of hydrogen-bond acceptors (Lipinski definition) is 3. The van der Waals surface area contributed by atoms with Crippen LogP contribution >= 0.6 is 11.8 Å². The summed E-state index contributed by atoms with van der Waals surface area (Å²) in [6.07, 6.45) is 3.67. The molecular formula is C17H22N2S. The summed E-state index contributed by atoms with van der Waals surface area (Å²) in [5.74, 6) is 0.692. The fourth-order valence-corrected chi connectivity index (χ4v) is 2.84. The lowest BCUT2D eigenvalue weighted by atomic mass is 10.1. The van der Waals surface area contributed by atoms with Gasteiger partial charge in [0.1, 0.15) is 0 Å². The molecule has 0 aliphatic rings. The normalized spacial score (nSPS) is 11.0. The Balaban J connectivity index is 1.99. The molecule has 106 valence electrons. The standard InChI is InChI=1S/C17H22N2S/c1-13(2)11-19-12-15-4-5-17(14(3)10-15)20-16-6-8-18-9-7-16/h4-10,13,19H,11-12H2,1-3H3. The van der Waals surface area contributed by atoms with Gasteiger partial charge in [-0.1, -0.05) is 37.7 Å². The lowest BCUT2D eigenvalue weighted by Crippen LogP contribution is -2.18. The van der Waals surface area contributed by atoms with Crippen LogP contribution in [0.3, 0.4) is 0 Å². The number of pyridine rings is 1. The maximum atomic E-state index is 4.05. The molecule has 1 aromatic heterocycles. The average molecular weight is 286 g/mol. The smallest absolute Gasteiger partial charge is 0.0279 e. The average Bonchev–Trinajstić information content (AvgIpc) is 2.42. The van der Waals surface area contributed by atoms with Crippen molar-refractivity contribution in [2.24, 2.45) is 5.92 Å². The first-order chi connectivity index (χ1) is 9.65. The maximum absolute atomic E-state index is 4.05. The van der Waals surface area contributed by atoms with E-state index in [9.17, 15) is 0 Å². The lowest BCUT2D eigenvalue weighted by molar-refractivity contribution is 0.552. The quantitative estimate of drug-likeness (QED) is 0.857. The Morgan fingerprint density at radius 3 is 2.55 bits per heavy atom. The molecule has 2 aromatic rings. The monoisotopic (exact) mass is 286 g/mol. The highest BCUT2D eigenvalue weighted by Crippen LogP contribution is 2.30. The van der Waals surface area contributed by atoms with Crippen LogP contribution in [0.1, 0.15) is 25.0 Å². The number of aryl methyl sites for hydroxylation is 1. The van der Waals surface area contributed by atoms with Crippen molar-refractivity contribution in [3.8, 4) is 0 Å². The van der Waals surface area contributed by atoms with E-state index in [0.29, 0.717) is 5.92 Å². The predicted octanol–water partition coefficient (Wildman–Crippen LogP) is 4.29. The van der Waals surface area contributed by atoms with Gasteiger partial charge in [-0.3, -0.25) is 4.98 Å². The van der Waals surface area contributed by atoms with Gasteiger partial charge in [-0.2, -0.15) is 0 Å². The molecular weight excluding hydrogens is 264 g/mol. The zero-order valence-electron chi connectivity index (χ0n) is 12.4. The van der Waals surface area contributed by atoms with E-state index in [0.717, 1.165) is 13.1 Å². The van der Waals surface area contributed by atoms with E-state index in [1.807, 2.05) is 24.5 Å². The summed E-state index contributed by atoms with van der Waals surface area (Å²) >= 11 is 1.79. The highest BCUT2D eigenvalue weighted by atomic mass is 32.2. The van der Waals surface area contributed by atoms with Gasteiger partial charge in [-0.05, 0) is 48.7 Å². The first kappa shape index (κ1) is 15.1. The fraction of sp³-hybridized carbons (Fsp3) is 0.353. The van der Waals surface area contributed by atoms with Crippen LogP contribution in [0.5, 0.6) is 0 Å². The third-order valence-corrected chi connectivity index (χ3v) is 4.18. The Hall–Kier alpha value is -1.32. The van der Waals surface area contributed by atoms with E-state index >= 15 is 0 Å². The minimum absolute atomic E-state index is 0.692. The molecule has 0 saturated carbocycles. The molecule has 2 nitrogen and oxygen atoms in total. The summed E-state index contributed by atoms with van der Waals surface area (Å²) in [7, 11) is 0. The largest absolute Gasteiger partial charge is 0.312 e. The number of nitrogens with zero attached hydrogens (tertiary/aromatic N) is 1. The van der Waals surface area contributed by atoms with Crippen molar-refractivity contribution in [1.29, 1.82) is 0 Å². The molecule has 0 amide bonds. The van der Waals surface area contributed by atoms with Gasteiger partial charge in [-0.15, -0.1) is 0 Å². The van der Waals surface area contributed by atoms with Crippen molar-refractivity contribution in [2.75, 3.05) is 6.54 Å². The van der Waals surface area contributed by atoms with Crippen LogP contribution in [-0.4, -0.2) is 11.5 Å². The SMILES string of the molecule is Cc1cc(CNCC(C)C)ccc1Sc1ccncc1. The van der Waals surface area contributed by atoms with E-state index in [1.54, 1.807) is 11.8 Å². The van der Waals surface area contributed by atoms with Gasteiger partial charge >= 0.3 is 0 Å². The van der Waals surface area contributed by atoms with Crippen molar-refractivity contribution in [3.63, 3.8) is 0 Å². The second-order valence-electron chi connectivity index (χ2n) is 5.41. The van der Waals surface area contributed by atoms with Gasteiger partial charge in [-0.25, -0.2) is 0 Å². The highest BCUT2D eigenvalue weighted by molar-refractivity contribution is 7.99. The molecule has 1 heterocycles. The van der Waals surface area contributed by atoms with Crippen molar-refractivity contribution in [3.05, 3.63) is 53.9 Å². The number of benzene rings is 1. The van der Waals surface area contributed by atoms with E-state index in [2.05, 4.69) is 49.3 Å². The minimum atomic E-state index is 0.692. The van der Waals surface area contributed by atoms with Crippen LogP contribution in [0.4, 0.5) is 0 Å². The maximum Gasteiger partial charge on any atom is 0.0279 e. The molecule has 0 fully saturated rings. The first-order valence-electron chi connectivity index (χ1n) is 7.03. The minimum Gasteiger partial charge on any atom is -0.312 e. The number of hydrogen-bond donors (Lipinski definition) is 1. The van der Waals surface area contributed by atoms with E-state index in [-0.39, 0.29) is 0 Å². The molecule has 1 aromatic carbocycles. The van der Waals surface area contributed by atoms with Crippen molar-refractivity contribution >= 4 is 11.8 Å². The zero-order valence-corrected chi connectivity index (χ0v) is 13.2. The molecule has 2 rings (SSSR count). The van der Waals surface area contributed by atoms with Gasteiger partial charge in [0.2, 0.25) is 0 Å². The number of aromatic nitrogens is 1. The van der Waals surface area contributed by atoms with Crippen LogP contribution in [0.15, 0.2) is 52.5 Å². The van der Waals surface area contributed by atoms with Crippen molar-refractivity contribution in [2.45, 2.75) is 37.1 Å². The molecule has 0 saturated heterocycles. The molecule has 0 aliphatic carbocycles. The Morgan fingerprint density at radius 1 is 1.15 bits per heavy atom. The summed E-state index contributed by atoms with van der Waals surface area (Å²) in [5.41, 5.74) is 2.68. The Labute approximate surface area is 126 Å². The fourth-order valence-electron chi connectivity index (χ4n) is 1.97. The van der Waals surface area contributed by atoms with Crippen molar-refractivity contribution in [1.82, 2.24) is 10.3 Å². The Morgan fingerprint density at radius 2 is 1.90 bits per heavy atom. The summed E-state index contributed by atoms with van der Waals surface area (Å²) in [6, 6.07) is 10.8. The van der Waals surface area contributed by atoms with Gasteiger partial charge in [0.05, 0.1) is 0 Å². The van der Waals surface area contributed by atoms with Gasteiger partial charge in [0.15, 0.2) is 0 Å².